The maximum absolute atomic E-state index is 11.8. The molecule has 0 spiro atoms. The third kappa shape index (κ3) is 6.00. The van der Waals surface area contributed by atoms with Crippen LogP contribution < -0.4 is 10.4 Å². The molecule has 0 saturated carbocycles. The summed E-state index contributed by atoms with van der Waals surface area (Å²) in [7, 11) is -2.67. The highest BCUT2D eigenvalue weighted by Crippen LogP contribution is 2.44. The summed E-state index contributed by atoms with van der Waals surface area (Å²) in [5.74, 6) is 1.79. The molecular formula is C33H46O2Si. The van der Waals surface area contributed by atoms with E-state index in [0.29, 0.717) is 30.1 Å². The molecule has 2 nitrogen and oxygen atoms in total. The van der Waals surface area contributed by atoms with E-state index in [4.69, 9.17) is 4.43 Å². The first-order chi connectivity index (χ1) is 17.2. The van der Waals surface area contributed by atoms with E-state index in [2.05, 4.69) is 115 Å². The lowest BCUT2D eigenvalue weighted by Gasteiger charge is -2.47. The highest BCUT2D eigenvalue weighted by molar-refractivity contribution is 6.99. The number of rotatable bonds is 11. The first-order valence-corrected chi connectivity index (χ1v) is 15.6. The van der Waals surface area contributed by atoms with Crippen molar-refractivity contribution < 1.29 is 9.22 Å². The van der Waals surface area contributed by atoms with Crippen molar-refractivity contribution in [3.05, 3.63) is 85.0 Å². The minimum Gasteiger partial charge on any atom is -0.404 e. The van der Waals surface area contributed by atoms with Gasteiger partial charge in [-0.3, -0.25) is 0 Å². The number of aldehydes is 1. The van der Waals surface area contributed by atoms with E-state index in [0.717, 1.165) is 25.5 Å². The largest absolute Gasteiger partial charge is 0.404 e. The average molecular weight is 503 g/mol. The van der Waals surface area contributed by atoms with Crippen LogP contribution in [0.15, 0.2) is 85.0 Å². The predicted octanol–water partition coefficient (Wildman–Crippen LogP) is 7.34. The van der Waals surface area contributed by atoms with E-state index in [1.165, 1.54) is 15.9 Å². The van der Waals surface area contributed by atoms with Crippen molar-refractivity contribution in [2.24, 2.45) is 23.7 Å². The van der Waals surface area contributed by atoms with Crippen LogP contribution in [-0.4, -0.2) is 20.7 Å². The van der Waals surface area contributed by atoms with Gasteiger partial charge in [-0.1, -0.05) is 113 Å². The summed E-state index contributed by atoms with van der Waals surface area (Å²) in [6, 6.07) is 21.7. The monoisotopic (exact) mass is 502 g/mol. The Kier molecular flexibility index (Phi) is 9.71. The molecular weight excluding hydrogens is 456 g/mol. The van der Waals surface area contributed by atoms with Gasteiger partial charge in [-0.15, -0.1) is 6.58 Å². The lowest BCUT2D eigenvalue weighted by atomic mass is 9.65. The second kappa shape index (κ2) is 12.3. The zero-order valence-corrected chi connectivity index (χ0v) is 24.2. The summed E-state index contributed by atoms with van der Waals surface area (Å²) >= 11 is 0. The number of carbonyl (C=O) groups is 1. The third-order valence-corrected chi connectivity index (χ3v) is 13.4. The van der Waals surface area contributed by atoms with Crippen molar-refractivity contribution in [2.75, 3.05) is 0 Å². The highest BCUT2D eigenvalue weighted by atomic mass is 28.4. The first kappa shape index (κ1) is 28.3. The first-order valence-electron chi connectivity index (χ1n) is 13.7. The van der Waals surface area contributed by atoms with Gasteiger partial charge >= 0.3 is 0 Å². The van der Waals surface area contributed by atoms with Crippen LogP contribution >= 0.6 is 0 Å². The van der Waals surface area contributed by atoms with Gasteiger partial charge in [0, 0.05) is 12.5 Å². The van der Waals surface area contributed by atoms with Crippen LogP contribution in [0.4, 0.5) is 0 Å². The molecule has 0 amide bonds. The zero-order valence-electron chi connectivity index (χ0n) is 23.2. The molecule has 0 N–H and O–H groups in total. The minimum atomic E-state index is -2.67. The van der Waals surface area contributed by atoms with Crippen molar-refractivity contribution >= 4 is 25.0 Å². The molecule has 0 heterocycles. The Morgan fingerprint density at radius 3 is 2.03 bits per heavy atom. The summed E-state index contributed by atoms with van der Waals surface area (Å²) < 4.78 is 7.54. The van der Waals surface area contributed by atoms with Crippen LogP contribution in [0.5, 0.6) is 0 Å². The van der Waals surface area contributed by atoms with Crippen LogP contribution in [0.3, 0.4) is 0 Å². The number of carbonyl (C=O) groups excluding carboxylic acids is 1. The molecule has 0 fully saturated rings. The Hall–Kier alpha value is -2.23. The van der Waals surface area contributed by atoms with Crippen LogP contribution in [0.25, 0.3) is 0 Å². The molecule has 3 heteroatoms. The van der Waals surface area contributed by atoms with Gasteiger partial charge in [0.2, 0.25) is 0 Å². The fourth-order valence-electron chi connectivity index (χ4n) is 6.46. The molecule has 0 unspecified atom stereocenters. The summed E-state index contributed by atoms with van der Waals surface area (Å²) in [5.41, 5.74) is 1.42. The molecule has 0 aromatic heterocycles. The van der Waals surface area contributed by atoms with E-state index < -0.39 is 8.32 Å². The lowest BCUT2D eigenvalue weighted by Crippen LogP contribution is -2.67. The standard InChI is InChI=1S/C33H46O2Si/c1-8-15-27(24-32-26(4)20-21-30(25(2)3)31(32)22-23-34)35-36(33(5,6)7,28-16-11-9-12-17-28)29-18-13-10-14-19-29/h8-14,16-20,23,25,27,30-32H,1,15,21-22,24H2,2-7H3/t27-,30-,31+,32+/m0/s1. The predicted molar refractivity (Wildman–Crippen MR) is 156 cm³/mol. The number of allylic oxidation sites excluding steroid dienone is 2. The summed E-state index contributed by atoms with van der Waals surface area (Å²) in [6.45, 7) is 18.0. The van der Waals surface area contributed by atoms with Gasteiger partial charge in [0.1, 0.15) is 6.29 Å². The Balaban J connectivity index is 2.09. The van der Waals surface area contributed by atoms with Crippen molar-refractivity contribution in [3.63, 3.8) is 0 Å². The van der Waals surface area contributed by atoms with Gasteiger partial charge in [-0.05, 0) is 65.3 Å². The molecule has 2 aromatic rings. The molecule has 0 radical (unpaired) electrons. The van der Waals surface area contributed by atoms with E-state index >= 15 is 0 Å². The smallest absolute Gasteiger partial charge is 0.261 e. The maximum Gasteiger partial charge on any atom is 0.261 e. The second-order valence-electron chi connectivity index (χ2n) is 11.9. The van der Waals surface area contributed by atoms with E-state index in [1.54, 1.807) is 0 Å². The second-order valence-corrected chi connectivity index (χ2v) is 16.2. The Labute approximate surface area is 221 Å². The lowest BCUT2D eigenvalue weighted by molar-refractivity contribution is -0.109. The summed E-state index contributed by atoms with van der Waals surface area (Å²) in [5, 5.41) is 2.53. The van der Waals surface area contributed by atoms with E-state index in [1.807, 2.05) is 6.08 Å². The maximum atomic E-state index is 11.8. The SMILES string of the molecule is C=CC[C@@H](C[C@@H]1C(C)=CC[C@@H](C(C)C)[C@H]1CC=O)O[Si](c1ccccc1)(c1ccccc1)C(C)(C)C. The Morgan fingerprint density at radius 2 is 1.58 bits per heavy atom. The number of benzene rings is 2. The summed E-state index contributed by atoms with van der Waals surface area (Å²) in [4.78, 5) is 11.8. The van der Waals surface area contributed by atoms with Crippen LogP contribution in [0, 0.1) is 23.7 Å². The molecule has 194 valence electrons. The van der Waals surface area contributed by atoms with Crippen molar-refractivity contribution in [3.8, 4) is 0 Å². The number of hydrogen-bond donors (Lipinski definition) is 0. The quantitative estimate of drug-likeness (QED) is 0.182. The van der Waals surface area contributed by atoms with Crippen LogP contribution in [0.2, 0.25) is 5.04 Å². The summed E-state index contributed by atoms with van der Waals surface area (Å²) in [6.07, 6.45) is 9.01. The third-order valence-electron chi connectivity index (χ3n) is 8.29. The fraction of sp³-hybridized carbons (Fsp3) is 0.485. The van der Waals surface area contributed by atoms with Gasteiger partial charge in [-0.25, -0.2) is 0 Å². The normalized spacial score (nSPS) is 21.6. The van der Waals surface area contributed by atoms with Gasteiger partial charge in [0.05, 0.1) is 0 Å². The van der Waals surface area contributed by atoms with E-state index in [-0.39, 0.29) is 11.1 Å². The molecule has 2 aromatic carbocycles. The van der Waals surface area contributed by atoms with Gasteiger partial charge in [0.15, 0.2) is 0 Å². The Bertz CT molecular complexity index is 963. The van der Waals surface area contributed by atoms with E-state index in [9.17, 15) is 4.79 Å². The molecule has 0 saturated heterocycles. The van der Waals surface area contributed by atoms with Crippen LogP contribution in [-0.2, 0) is 9.22 Å². The molecule has 3 rings (SSSR count). The molecule has 0 bridgehead atoms. The topological polar surface area (TPSA) is 26.3 Å². The molecule has 0 aliphatic heterocycles. The Morgan fingerprint density at radius 1 is 1.03 bits per heavy atom. The molecule has 36 heavy (non-hydrogen) atoms. The molecule has 1 aliphatic rings. The minimum absolute atomic E-state index is 0.0298. The fourth-order valence-corrected chi connectivity index (χ4v) is 11.2. The van der Waals surface area contributed by atoms with Gasteiger partial charge in [0.25, 0.3) is 8.32 Å². The average Bonchev–Trinajstić information content (AvgIpc) is 2.85. The van der Waals surface area contributed by atoms with Crippen LogP contribution in [0.1, 0.15) is 67.2 Å². The van der Waals surface area contributed by atoms with Crippen molar-refractivity contribution in [1.82, 2.24) is 0 Å². The van der Waals surface area contributed by atoms with Gasteiger partial charge < -0.3 is 9.22 Å². The van der Waals surface area contributed by atoms with Gasteiger partial charge in [-0.2, -0.15) is 0 Å². The van der Waals surface area contributed by atoms with Crippen molar-refractivity contribution in [2.45, 2.75) is 78.4 Å². The highest BCUT2D eigenvalue weighted by Gasteiger charge is 2.51. The molecule has 4 atom stereocenters. The zero-order chi connectivity index (χ0) is 26.3. The molecule has 1 aliphatic carbocycles. The number of hydrogen-bond acceptors (Lipinski definition) is 2. The van der Waals surface area contributed by atoms with Crippen molar-refractivity contribution in [1.29, 1.82) is 0 Å².